The van der Waals surface area contributed by atoms with Gasteiger partial charge in [-0.05, 0) is 12.1 Å². The fourth-order valence-corrected chi connectivity index (χ4v) is 1.44. The molecule has 0 N–H and O–H groups in total. The largest absolute Gasteiger partial charge is 0.418 e. The molecule has 0 amide bonds. The molecule has 0 aliphatic rings. The third kappa shape index (κ3) is 1.25. The van der Waals surface area contributed by atoms with Gasteiger partial charge >= 0.3 is 6.18 Å². The van der Waals surface area contributed by atoms with Crippen LogP contribution in [0.15, 0.2) is 24.5 Å². The predicted octanol–water partition coefficient (Wildman–Crippen LogP) is 2.59. The summed E-state index contributed by atoms with van der Waals surface area (Å²) in [6, 6.07) is 3.98. The molecule has 74 valence electrons. The van der Waals surface area contributed by atoms with Crippen molar-refractivity contribution in [3.63, 3.8) is 0 Å². The van der Waals surface area contributed by atoms with Gasteiger partial charge in [-0.15, -0.1) is 0 Å². The van der Waals surface area contributed by atoms with Crippen LogP contribution in [0.25, 0.3) is 11.0 Å². The number of aromatic nitrogens is 2. The van der Waals surface area contributed by atoms with E-state index < -0.39 is 11.7 Å². The van der Waals surface area contributed by atoms with Gasteiger partial charge in [0, 0.05) is 7.05 Å². The van der Waals surface area contributed by atoms with Crippen molar-refractivity contribution < 1.29 is 13.2 Å². The van der Waals surface area contributed by atoms with Crippen molar-refractivity contribution in [2.24, 2.45) is 7.05 Å². The van der Waals surface area contributed by atoms with Gasteiger partial charge in [-0.2, -0.15) is 13.2 Å². The summed E-state index contributed by atoms with van der Waals surface area (Å²) in [4.78, 5) is 3.86. The van der Waals surface area contributed by atoms with Gasteiger partial charge in [-0.25, -0.2) is 4.98 Å². The molecular formula is C9H7F3N2. The lowest BCUT2D eigenvalue weighted by molar-refractivity contribution is -0.136. The minimum atomic E-state index is -4.33. The highest BCUT2D eigenvalue weighted by molar-refractivity contribution is 5.79. The number of hydrogen-bond acceptors (Lipinski definition) is 1. The first-order valence-electron chi connectivity index (χ1n) is 3.97. The predicted molar refractivity (Wildman–Crippen MR) is 45.7 cm³/mol. The fourth-order valence-electron chi connectivity index (χ4n) is 1.44. The molecule has 0 aliphatic carbocycles. The second kappa shape index (κ2) is 2.73. The van der Waals surface area contributed by atoms with Crippen molar-refractivity contribution in [2.75, 3.05) is 0 Å². The molecule has 2 nitrogen and oxygen atoms in total. The molecule has 0 bridgehead atoms. The molecule has 2 aromatic rings. The minimum Gasteiger partial charge on any atom is -0.333 e. The third-order valence-electron chi connectivity index (χ3n) is 2.04. The van der Waals surface area contributed by atoms with E-state index in [0.29, 0.717) is 5.52 Å². The summed E-state index contributed by atoms with van der Waals surface area (Å²) in [6.07, 6.45) is -2.95. The Kier molecular flexibility index (Phi) is 1.77. The van der Waals surface area contributed by atoms with Crippen LogP contribution < -0.4 is 0 Å². The molecule has 0 radical (unpaired) electrons. The number of imidazole rings is 1. The Morgan fingerprint density at radius 3 is 2.64 bits per heavy atom. The van der Waals surface area contributed by atoms with E-state index in [9.17, 15) is 13.2 Å². The maximum absolute atomic E-state index is 12.5. The quantitative estimate of drug-likeness (QED) is 0.639. The first kappa shape index (κ1) is 9.05. The molecule has 1 heterocycles. The smallest absolute Gasteiger partial charge is 0.333 e. The Morgan fingerprint density at radius 1 is 1.29 bits per heavy atom. The minimum absolute atomic E-state index is 0.125. The van der Waals surface area contributed by atoms with Gasteiger partial charge < -0.3 is 4.57 Å². The average Bonchev–Trinajstić information content (AvgIpc) is 2.46. The molecule has 0 saturated heterocycles. The summed E-state index contributed by atoms with van der Waals surface area (Å²) in [5.41, 5.74) is -0.155. The maximum atomic E-state index is 12.5. The van der Waals surface area contributed by atoms with Crippen molar-refractivity contribution >= 4 is 11.0 Å². The van der Waals surface area contributed by atoms with Gasteiger partial charge in [0.05, 0.1) is 22.9 Å². The van der Waals surface area contributed by atoms with Gasteiger partial charge in [-0.1, -0.05) is 6.07 Å². The van der Waals surface area contributed by atoms with Crippen molar-refractivity contribution in [3.8, 4) is 0 Å². The van der Waals surface area contributed by atoms with E-state index in [1.54, 1.807) is 13.1 Å². The summed E-state index contributed by atoms with van der Waals surface area (Å²) in [6.45, 7) is 0. The zero-order valence-electron chi connectivity index (χ0n) is 7.34. The van der Waals surface area contributed by atoms with E-state index in [4.69, 9.17) is 0 Å². The van der Waals surface area contributed by atoms with Crippen LogP contribution in [0.3, 0.4) is 0 Å². The molecule has 0 fully saturated rings. The van der Waals surface area contributed by atoms with Gasteiger partial charge in [0.25, 0.3) is 0 Å². The van der Waals surface area contributed by atoms with E-state index in [1.165, 1.54) is 17.0 Å². The van der Waals surface area contributed by atoms with Crippen LogP contribution in [0.2, 0.25) is 0 Å². The Balaban J connectivity index is 2.82. The standard InChI is InChI=1S/C9H7F3N2/c1-14-5-13-7-4-2-3-6(8(7)14)9(10,11)12/h2-5H,1H3. The van der Waals surface area contributed by atoms with Gasteiger partial charge in [-0.3, -0.25) is 0 Å². The van der Waals surface area contributed by atoms with E-state index in [0.717, 1.165) is 6.07 Å². The van der Waals surface area contributed by atoms with Crippen LogP contribution in [-0.2, 0) is 13.2 Å². The van der Waals surface area contributed by atoms with E-state index in [-0.39, 0.29) is 5.52 Å². The fraction of sp³-hybridized carbons (Fsp3) is 0.222. The lowest BCUT2D eigenvalue weighted by Crippen LogP contribution is -2.07. The van der Waals surface area contributed by atoms with Gasteiger partial charge in [0.1, 0.15) is 0 Å². The van der Waals surface area contributed by atoms with E-state index in [1.807, 2.05) is 0 Å². The molecule has 1 aromatic heterocycles. The first-order valence-corrected chi connectivity index (χ1v) is 3.97. The summed E-state index contributed by atoms with van der Waals surface area (Å²) in [5, 5.41) is 0. The Labute approximate surface area is 78.0 Å². The lowest BCUT2D eigenvalue weighted by atomic mass is 10.2. The van der Waals surface area contributed by atoms with Crippen LogP contribution >= 0.6 is 0 Å². The molecule has 0 saturated carbocycles. The van der Waals surface area contributed by atoms with Crippen molar-refractivity contribution in [1.29, 1.82) is 0 Å². The number of benzene rings is 1. The molecule has 1 aromatic carbocycles. The van der Waals surface area contributed by atoms with Crippen LogP contribution in [0.4, 0.5) is 13.2 Å². The third-order valence-corrected chi connectivity index (χ3v) is 2.04. The van der Waals surface area contributed by atoms with Crippen molar-refractivity contribution in [3.05, 3.63) is 30.1 Å². The monoisotopic (exact) mass is 200 g/mol. The van der Waals surface area contributed by atoms with Crippen molar-refractivity contribution in [1.82, 2.24) is 9.55 Å². The van der Waals surface area contributed by atoms with Gasteiger partial charge in [0.15, 0.2) is 0 Å². The molecule has 5 heteroatoms. The summed E-state index contributed by atoms with van der Waals surface area (Å²) in [5.74, 6) is 0. The molecule has 0 atom stereocenters. The van der Waals surface area contributed by atoms with Crippen LogP contribution in [-0.4, -0.2) is 9.55 Å². The average molecular weight is 200 g/mol. The number of hydrogen-bond donors (Lipinski definition) is 0. The number of alkyl halides is 3. The van der Waals surface area contributed by atoms with Gasteiger partial charge in [0.2, 0.25) is 0 Å². The second-order valence-electron chi connectivity index (χ2n) is 3.03. The van der Waals surface area contributed by atoms with Crippen molar-refractivity contribution in [2.45, 2.75) is 6.18 Å². The molecule has 2 rings (SSSR count). The summed E-state index contributed by atoms with van der Waals surface area (Å²) in [7, 11) is 1.55. The number of nitrogens with zero attached hydrogens (tertiary/aromatic N) is 2. The van der Waals surface area contributed by atoms with Crippen LogP contribution in [0, 0.1) is 0 Å². The zero-order chi connectivity index (χ0) is 10.3. The molecule has 0 spiro atoms. The molecule has 14 heavy (non-hydrogen) atoms. The zero-order valence-corrected chi connectivity index (χ0v) is 7.34. The summed E-state index contributed by atoms with van der Waals surface area (Å²) >= 11 is 0. The highest BCUT2D eigenvalue weighted by Gasteiger charge is 2.33. The Morgan fingerprint density at radius 2 is 2.00 bits per heavy atom. The highest BCUT2D eigenvalue weighted by atomic mass is 19.4. The van der Waals surface area contributed by atoms with Crippen LogP contribution in [0.5, 0.6) is 0 Å². The number of aryl methyl sites for hydroxylation is 1. The van der Waals surface area contributed by atoms with E-state index >= 15 is 0 Å². The highest BCUT2D eigenvalue weighted by Crippen LogP contribution is 2.33. The molecule has 0 unspecified atom stereocenters. The second-order valence-corrected chi connectivity index (χ2v) is 3.03. The number of rotatable bonds is 0. The summed E-state index contributed by atoms with van der Waals surface area (Å²) < 4.78 is 39.0. The Hall–Kier alpha value is -1.52. The Bertz CT molecular complexity index is 470. The van der Waals surface area contributed by atoms with Crippen LogP contribution in [0.1, 0.15) is 5.56 Å². The topological polar surface area (TPSA) is 17.8 Å². The number of fused-ring (bicyclic) bond motifs is 1. The number of para-hydroxylation sites is 1. The molecular weight excluding hydrogens is 193 g/mol. The maximum Gasteiger partial charge on any atom is 0.418 e. The molecule has 0 aliphatic heterocycles. The normalized spacial score (nSPS) is 12.3. The SMILES string of the molecule is Cn1cnc2cccc(C(F)(F)F)c21. The first-order chi connectivity index (χ1) is 6.50. The number of halogens is 3. The van der Waals surface area contributed by atoms with E-state index in [2.05, 4.69) is 4.98 Å². The lowest BCUT2D eigenvalue weighted by Gasteiger charge is -2.08.